The van der Waals surface area contributed by atoms with E-state index in [1.54, 1.807) is 13.2 Å². The van der Waals surface area contributed by atoms with Crippen LogP contribution in [-0.2, 0) is 6.54 Å². The first kappa shape index (κ1) is 14.8. The molecule has 108 valence electrons. The Labute approximate surface area is 121 Å². The Morgan fingerprint density at radius 1 is 1.50 bits per heavy atom. The topological polar surface area (TPSA) is 48.3 Å². The lowest BCUT2D eigenvalue weighted by molar-refractivity contribution is 0.240. The van der Waals surface area contributed by atoms with E-state index in [0.717, 1.165) is 30.4 Å². The summed E-state index contributed by atoms with van der Waals surface area (Å²) in [5.74, 6) is 0.833. The summed E-state index contributed by atoms with van der Waals surface area (Å²) < 4.78 is 5.34. The van der Waals surface area contributed by atoms with E-state index in [4.69, 9.17) is 10.00 Å². The lowest BCUT2D eigenvalue weighted by Gasteiger charge is -2.24. The second kappa shape index (κ2) is 6.74. The minimum atomic E-state index is 0.521. The van der Waals surface area contributed by atoms with Crippen LogP contribution < -0.4 is 10.1 Å². The summed E-state index contributed by atoms with van der Waals surface area (Å²) >= 11 is 0. The third kappa shape index (κ3) is 3.72. The van der Waals surface area contributed by atoms with Crippen molar-refractivity contribution < 1.29 is 4.74 Å². The molecule has 20 heavy (non-hydrogen) atoms. The van der Waals surface area contributed by atoms with Gasteiger partial charge in [0.2, 0.25) is 0 Å². The van der Waals surface area contributed by atoms with Gasteiger partial charge in [-0.2, -0.15) is 5.26 Å². The summed E-state index contributed by atoms with van der Waals surface area (Å²) in [5.41, 5.74) is 1.71. The van der Waals surface area contributed by atoms with Gasteiger partial charge >= 0.3 is 0 Å². The number of nitriles is 1. The van der Waals surface area contributed by atoms with Crippen molar-refractivity contribution in [3.05, 3.63) is 29.3 Å². The Morgan fingerprint density at radius 3 is 2.85 bits per heavy atom. The summed E-state index contributed by atoms with van der Waals surface area (Å²) in [6, 6.07) is 9.00. The van der Waals surface area contributed by atoms with Gasteiger partial charge in [0.1, 0.15) is 5.75 Å². The van der Waals surface area contributed by atoms with Gasteiger partial charge in [-0.3, -0.25) is 4.90 Å². The quantitative estimate of drug-likeness (QED) is 0.827. The maximum atomic E-state index is 8.96. The predicted octanol–water partition coefficient (Wildman–Crippen LogP) is 2.14. The first-order valence-electron chi connectivity index (χ1n) is 7.15. The summed E-state index contributed by atoms with van der Waals surface area (Å²) in [5, 5.41) is 12.4. The number of rotatable bonds is 7. The van der Waals surface area contributed by atoms with Crippen molar-refractivity contribution in [2.75, 3.05) is 20.7 Å². The van der Waals surface area contributed by atoms with Crippen LogP contribution in [0.1, 0.15) is 30.9 Å². The monoisotopic (exact) mass is 273 g/mol. The van der Waals surface area contributed by atoms with Crippen LogP contribution in [0.4, 0.5) is 0 Å². The summed E-state index contributed by atoms with van der Waals surface area (Å²) in [6.07, 6.45) is 2.66. The van der Waals surface area contributed by atoms with Crippen molar-refractivity contribution in [1.82, 2.24) is 10.2 Å². The SMILES string of the molecule is COc1ccc(C#N)cc1CNCC(C)N(C)C1CC1. The molecule has 1 fully saturated rings. The Hall–Kier alpha value is -1.57. The summed E-state index contributed by atoms with van der Waals surface area (Å²) in [6.45, 7) is 3.91. The van der Waals surface area contributed by atoms with Gasteiger partial charge in [-0.15, -0.1) is 0 Å². The van der Waals surface area contributed by atoms with Crippen LogP contribution in [0, 0.1) is 11.3 Å². The molecule has 4 heteroatoms. The smallest absolute Gasteiger partial charge is 0.123 e. The number of hydrogen-bond donors (Lipinski definition) is 1. The second-order valence-electron chi connectivity index (χ2n) is 5.51. The summed E-state index contributed by atoms with van der Waals surface area (Å²) in [4.78, 5) is 2.44. The van der Waals surface area contributed by atoms with Gasteiger partial charge < -0.3 is 10.1 Å². The number of benzene rings is 1. The first-order valence-corrected chi connectivity index (χ1v) is 7.15. The molecule has 4 nitrogen and oxygen atoms in total. The van der Waals surface area contributed by atoms with Crippen LogP contribution in [0.3, 0.4) is 0 Å². The molecule has 0 amide bonds. The van der Waals surface area contributed by atoms with Gasteiger partial charge in [0, 0.05) is 30.7 Å². The summed E-state index contributed by atoms with van der Waals surface area (Å²) in [7, 11) is 3.86. The molecule has 1 saturated carbocycles. The van der Waals surface area contributed by atoms with Gasteiger partial charge in [0.25, 0.3) is 0 Å². The zero-order valence-electron chi connectivity index (χ0n) is 12.5. The van der Waals surface area contributed by atoms with Gasteiger partial charge in [0.15, 0.2) is 0 Å². The van der Waals surface area contributed by atoms with Gasteiger partial charge in [-0.05, 0) is 45.0 Å². The lowest BCUT2D eigenvalue weighted by Crippen LogP contribution is -2.38. The molecule has 1 atom stereocenters. The molecule has 0 bridgehead atoms. The third-order valence-electron chi connectivity index (χ3n) is 3.98. The molecule has 0 aliphatic heterocycles. The fraction of sp³-hybridized carbons (Fsp3) is 0.562. The van der Waals surface area contributed by atoms with Crippen LogP contribution in [0.2, 0.25) is 0 Å². The maximum Gasteiger partial charge on any atom is 0.123 e. The number of nitrogens with one attached hydrogen (secondary N) is 1. The van der Waals surface area contributed by atoms with Gasteiger partial charge in [-0.25, -0.2) is 0 Å². The molecular weight excluding hydrogens is 250 g/mol. The molecule has 1 aromatic carbocycles. The molecular formula is C16H23N3O. The van der Waals surface area contributed by atoms with E-state index in [1.807, 2.05) is 12.1 Å². The highest BCUT2D eigenvalue weighted by Crippen LogP contribution is 2.26. The zero-order chi connectivity index (χ0) is 14.5. The maximum absolute atomic E-state index is 8.96. The minimum absolute atomic E-state index is 0.521. The first-order chi connectivity index (χ1) is 9.65. The van der Waals surface area contributed by atoms with E-state index >= 15 is 0 Å². The van der Waals surface area contributed by atoms with Crippen molar-refractivity contribution in [3.63, 3.8) is 0 Å². The highest BCUT2D eigenvalue weighted by atomic mass is 16.5. The zero-order valence-corrected chi connectivity index (χ0v) is 12.5. The van der Waals surface area contributed by atoms with Gasteiger partial charge in [0.05, 0.1) is 18.7 Å². The number of ether oxygens (including phenoxy) is 1. The number of methoxy groups -OCH3 is 1. The van der Waals surface area contributed by atoms with Crippen LogP contribution in [0.15, 0.2) is 18.2 Å². The van der Waals surface area contributed by atoms with E-state index in [2.05, 4.69) is 30.3 Å². The minimum Gasteiger partial charge on any atom is -0.496 e. The second-order valence-corrected chi connectivity index (χ2v) is 5.51. The van der Waals surface area contributed by atoms with Crippen LogP contribution in [0.25, 0.3) is 0 Å². The molecule has 0 heterocycles. The number of likely N-dealkylation sites (N-methyl/N-ethyl adjacent to an activating group) is 1. The molecule has 1 N–H and O–H groups in total. The Morgan fingerprint density at radius 2 is 2.25 bits per heavy atom. The highest BCUT2D eigenvalue weighted by Gasteiger charge is 2.28. The van der Waals surface area contributed by atoms with E-state index < -0.39 is 0 Å². The van der Waals surface area contributed by atoms with Crippen molar-refractivity contribution in [1.29, 1.82) is 5.26 Å². The van der Waals surface area contributed by atoms with E-state index in [-0.39, 0.29) is 0 Å². The fourth-order valence-electron chi connectivity index (χ4n) is 2.39. The Balaban J connectivity index is 1.88. The molecule has 1 aromatic rings. The number of nitrogens with zero attached hydrogens (tertiary/aromatic N) is 2. The fourth-order valence-corrected chi connectivity index (χ4v) is 2.39. The van der Waals surface area contributed by atoms with E-state index in [1.165, 1.54) is 12.8 Å². The normalized spacial score (nSPS) is 15.9. The molecule has 0 saturated heterocycles. The third-order valence-corrected chi connectivity index (χ3v) is 3.98. The standard InChI is InChI=1S/C16H23N3O/c1-12(19(2)15-5-6-15)10-18-11-14-8-13(9-17)4-7-16(14)20-3/h4,7-8,12,15,18H,5-6,10-11H2,1-3H3. The van der Waals surface area contributed by atoms with Crippen molar-refractivity contribution in [3.8, 4) is 11.8 Å². The van der Waals surface area contributed by atoms with Gasteiger partial charge in [-0.1, -0.05) is 0 Å². The Bertz CT molecular complexity index is 491. The molecule has 0 spiro atoms. The lowest BCUT2D eigenvalue weighted by atomic mass is 10.1. The average Bonchev–Trinajstić information content (AvgIpc) is 3.30. The van der Waals surface area contributed by atoms with Crippen LogP contribution in [-0.4, -0.2) is 37.7 Å². The van der Waals surface area contributed by atoms with Crippen LogP contribution in [0.5, 0.6) is 5.75 Å². The molecule has 1 aliphatic rings. The largest absolute Gasteiger partial charge is 0.496 e. The number of hydrogen-bond acceptors (Lipinski definition) is 4. The molecule has 1 aliphatic carbocycles. The van der Waals surface area contributed by atoms with Crippen molar-refractivity contribution in [2.24, 2.45) is 0 Å². The van der Waals surface area contributed by atoms with Crippen molar-refractivity contribution in [2.45, 2.75) is 38.4 Å². The molecule has 0 aromatic heterocycles. The van der Waals surface area contributed by atoms with E-state index in [9.17, 15) is 0 Å². The average molecular weight is 273 g/mol. The van der Waals surface area contributed by atoms with E-state index in [0.29, 0.717) is 11.6 Å². The van der Waals surface area contributed by atoms with Crippen LogP contribution >= 0.6 is 0 Å². The van der Waals surface area contributed by atoms with Crippen molar-refractivity contribution >= 4 is 0 Å². The molecule has 2 rings (SSSR count). The Kier molecular flexibility index (Phi) is 4.99. The molecule has 1 unspecified atom stereocenters. The predicted molar refractivity (Wildman–Crippen MR) is 79.7 cm³/mol. The highest BCUT2D eigenvalue weighted by molar-refractivity contribution is 5.41. The molecule has 0 radical (unpaired) electrons.